The number of nitrogens with one attached hydrogen (secondary N) is 1. The van der Waals surface area contributed by atoms with E-state index in [0.717, 1.165) is 37.3 Å². The highest BCUT2D eigenvalue weighted by Crippen LogP contribution is 2.20. The minimum Gasteiger partial charge on any atom is -0.338 e. The normalized spacial score (nSPS) is 21.8. The fourth-order valence-electron chi connectivity index (χ4n) is 4.06. The number of urea groups is 1. The van der Waals surface area contributed by atoms with Crippen LogP contribution in [0.15, 0.2) is 30.6 Å². The molecule has 2 fully saturated rings. The summed E-state index contributed by atoms with van der Waals surface area (Å²) in [5.41, 5.74) is 1.97. The monoisotopic (exact) mass is 341 g/mol. The maximum atomic E-state index is 12.5. The fraction of sp³-hybridized carbons (Fsp3) is 0.579. The Kier molecular flexibility index (Phi) is 4.88. The third kappa shape index (κ3) is 3.79. The minimum absolute atomic E-state index is 0.0765. The summed E-state index contributed by atoms with van der Waals surface area (Å²) in [5.74, 6) is 0. The van der Waals surface area contributed by atoms with E-state index in [0.29, 0.717) is 12.6 Å². The van der Waals surface area contributed by atoms with Crippen LogP contribution in [0.4, 0.5) is 4.79 Å². The molecule has 0 aliphatic carbocycles. The predicted octanol–water partition coefficient (Wildman–Crippen LogP) is 2.15. The molecule has 0 radical (unpaired) electrons. The van der Waals surface area contributed by atoms with Crippen LogP contribution in [0.1, 0.15) is 31.4 Å². The van der Waals surface area contributed by atoms with Crippen molar-refractivity contribution in [1.82, 2.24) is 24.5 Å². The zero-order valence-electron chi connectivity index (χ0n) is 14.7. The van der Waals surface area contributed by atoms with Gasteiger partial charge in [0.15, 0.2) is 0 Å². The van der Waals surface area contributed by atoms with E-state index in [-0.39, 0.29) is 6.03 Å². The summed E-state index contributed by atoms with van der Waals surface area (Å²) < 4.78 is 2.02. The van der Waals surface area contributed by atoms with Gasteiger partial charge < -0.3 is 14.6 Å². The molecule has 6 heteroatoms. The number of fused-ring (bicyclic) bond motifs is 1. The quantitative estimate of drug-likeness (QED) is 0.927. The summed E-state index contributed by atoms with van der Waals surface area (Å²) in [6.07, 6.45) is 9.74. The zero-order valence-corrected chi connectivity index (χ0v) is 14.7. The predicted molar refractivity (Wildman–Crippen MR) is 97.7 cm³/mol. The van der Waals surface area contributed by atoms with E-state index in [4.69, 9.17) is 0 Å². The standard InChI is InChI=1S/C19H27N5O/c25-19(24-13-5-6-17(15-24)22-10-3-4-11-22)20-9-8-16-14-23-12-2-1-7-18(23)21-16/h1-2,7,12,14,17H,3-6,8-11,13,15H2,(H,20,25)/t17-/m1/s1. The second-order valence-electron chi connectivity index (χ2n) is 7.17. The first-order valence-corrected chi connectivity index (χ1v) is 9.49. The zero-order chi connectivity index (χ0) is 17.1. The van der Waals surface area contributed by atoms with Crippen molar-refractivity contribution >= 4 is 11.7 Å². The Morgan fingerprint density at radius 3 is 2.92 bits per heavy atom. The maximum absolute atomic E-state index is 12.5. The lowest BCUT2D eigenvalue weighted by molar-refractivity contribution is 0.125. The minimum atomic E-state index is 0.0765. The number of rotatable bonds is 4. The van der Waals surface area contributed by atoms with Crippen LogP contribution in [0.25, 0.3) is 5.65 Å². The smallest absolute Gasteiger partial charge is 0.317 e. The number of likely N-dealkylation sites (tertiary alicyclic amines) is 2. The van der Waals surface area contributed by atoms with E-state index in [2.05, 4.69) is 15.2 Å². The molecule has 1 N–H and O–H groups in total. The third-order valence-electron chi connectivity index (χ3n) is 5.41. The van der Waals surface area contributed by atoms with Crippen LogP contribution in [-0.4, -0.2) is 64.0 Å². The number of aromatic nitrogens is 2. The molecule has 1 atom stereocenters. The summed E-state index contributed by atoms with van der Waals surface area (Å²) in [4.78, 5) is 21.6. The highest BCUT2D eigenvalue weighted by atomic mass is 16.2. The molecule has 2 aliphatic rings. The molecule has 0 saturated carbocycles. The molecule has 2 amide bonds. The van der Waals surface area contributed by atoms with Crippen LogP contribution in [0, 0.1) is 0 Å². The van der Waals surface area contributed by atoms with E-state index in [1.165, 1.54) is 32.4 Å². The molecule has 25 heavy (non-hydrogen) atoms. The van der Waals surface area contributed by atoms with Gasteiger partial charge in [0.25, 0.3) is 0 Å². The summed E-state index contributed by atoms with van der Waals surface area (Å²) in [7, 11) is 0. The third-order valence-corrected chi connectivity index (χ3v) is 5.41. The van der Waals surface area contributed by atoms with Crippen molar-refractivity contribution < 1.29 is 4.79 Å². The van der Waals surface area contributed by atoms with Gasteiger partial charge in [0.1, 0.15) is 5.65 Å². The lowest BCUT2D eigenvalue weighted by Crippen LogP contribution is -2.52. The SMILES string of the molecule is O=C(NCCc1cn2ccccc2n1)N1CCC[C@@H](N2CCCC2)C1. The number of carbonyl (C=O) groups is 1. The van der Waals surface area contributed by atoms with Crippen molar-refractivity contribution in [1.29, 1.82) is 0 Å². The van der Waals surface area contributed by atoms with Gasteiger partial charge in [0, 0.05) is 44.5 Å². The molecule has 4 heterocycles. The second kappa shape index (κ2) is 7.44. The Bertz CT molecular complexity index is 688. The average Bonchev–Trinajstić information content (AvgIpc) is 3.31. The summed E-state index contributed by atoms with van der Waals surface area (Å²) in [6.45, 7) is 4.79. The molecule has 0 unspecified atom stereocenters. The van der Waals surface area contributed by atoms with Crippen molar-refractivity contribution in [3.8, 4) is 0 Å². The first-order chi connectivity index (χ1) is 12.3. The lowest BCUT2D eigenvalue weighted by atomic mass is 10.0. The van der Waals surface area contributed by atoms with E-state index >= 15 is 0 Å². The van der Waals surface area contributed by atoms with Gasteiger partial charge >= 0.3 is 6.03 Å². The Labute approximate surface area is 148 Å². The van der Waals surface area contributed by atoms with Crippen molar-refractivity contribution in [3.63, 3.8) is 0 Å². The molecule has 0 aromatic carbocycles. The molecule has 2 saturated heterocycles. The highest BCUT2D eigenvalue weighted by Gasteiger charge is 2.29. The largest absolute Gasteiger partial charge is 0.338 e. The molecule has 6 nitrogen and oxygen atoms in total. The Hall–Kier alpha value is -2.08. The van der Waals surface area contributed by atoms with Crippen LogP contribution in [0.2, 0.25) is 0 Å². The van der Waals surface area contributed by atoms with Gasteiger partial charge in [-0.1, -0.05) is 6.07 Å². The molecule has 2 aromatic heterocycles. The molecular formula is C19H27N5O. The fourth-order valence-corrected chi connectivity index (χ4v) is 4.06. The first-order valence-electron chi connectivity index (χ1n) is 9.49. The van der Waals surface area contributed by atoms with E-state index in [1.807, 2.05) is 39.9 Å². The van der Waals surface area contributed by atoms with Crippen LogP contribution >= 0.6 is 0 Å². The maximum Gasteiger partial charge on any atom is 0.317 e. The Balaban J connectivity index is 1.26. The molecule has 0 bridgehead atoms. The van der Waals surface area contributed by atoms with Crippen LogP contribution in [0.5, 0.6) is 0 Å². The van der Waals surface area contributed by atoms with E-state index in [1.54, 1.807) is 0 Å². The number of nitrogens with zero attached hydrogens (tertiary/aromatic N) is 4. The topological polar surface area (TPSA) is 52.9 Å². The first kappa shape index (κ1) is 16.4. The number of hydrogen-bond acceptors (Lipinski definition) is 3. The van der Waals surface area contributed by atoms with Gasteiger partial charge in [-0.25, -0.2) is 9.78 Å². The lowest BCUT2D eigenvalue weighted by Gasteiger charge is -2.37. The van der Waals surface area contributed by atoms with Gasteiger partial charge in [0.05, 0.1) is 5.69 Å². The van der Waals surface area contributed by atoms with Crippen LogP contribution in [-0.2, 0) is 6.42 Å². The molecule has 0 spiro atoms. The number of amides is 2. The molecule has 134 valence electrons. The molecule has 4 rings (SSSR count). The van der Waals surface area contributed by atoms with E-state index < -0.39 is 0 Å². The van der Waals surface area contributed by atoms with Gasteiger partial charge in [-0.2, -0.15) is 0 Å². The summed E-state index contributed by atoms with van der Waals surface area (Å²) >= 11 is 0. The number of pyridine rings is 1. The Morgan fingerprint density at radius 2 is 2.08 bits per heavy atom. The van der Waals surface area contributed by atoms with Gasteiger partial charge in [-0.3, -0.25) is 4.90 Å². The number of piperidine rings is 1. The number of hydrogen-bond donors (Lipinski definition) is 1. The van der Waals surface area contributed by atoms with Gasteiger partial charge in [0.2, 0.25) is 0 Å². The van der Waals surface area contributed by atoms with Crippen LogP contribution in [0.3, 0.4) is 0 Å². The van der Waals surface area contributed by atoms with Gasteiger partial charge in [-0.05, 0) is 50.9 Å². The second-order valence-corrected chi connectivity index (χ2v) is 7.17. The molecule has 2 aromatic rings. The number of imidazole rings is 1. The molecular weight excluding hydrogens is 314 g/mol. The average molecular weight is 341 g/mol. The van der Waals surface area contributed by atoms with Crippen LogP contribution < -0.4 is 5.32 Å². The van der Waals surface area contributed by atoms with E-state index in [9.17, 15) is 4.79 Å². The van der Waals surface area contributed by atoms with Crippen molar-refractivity contribution in [2.45, 2.75) is 38.1 Å². The summed E-state index contributed by atoms with van der Waals surface area (Å²) in [5, 5.41) is 3.08. The number of carbonyl (C=O) groups excluding carboxylic acids is 1. The van der Waals surface area contributed by atoms with Crippen molar-refractivity contribution in [2.24, 2.45) is 0 Å². The van der Waals surface area contributed by atoms with Crippen molar-refractivity contribution in [2.75, 3.05) is 32.7 Å². The highest BCUT2D eigenvalue weighted by molar-refractivity contribution is 5.74. The molecule has 2 aliphatic heterocycles. The van der Waals surface area contributed by atoms with Gasteiger partial charge in [-0.15, -0.1) is 0 Å². The summed E-state index contributed by atoms with van der Waals surface area (Å²) in [6, 6.07) is 6.61. The van der Waals surface area contributed by atoms with Crippen molar-refractivity contribution in [3.05, 3.63) is 36.3 Å². The Morgan fingerprint density at radius 1 is 1.20 bits per heavy atom.